The molecule has 0 aliphatic carbocycles. The Bertz CT molecular complexity index is 1310. The number of carbonyl (C=O) groups excluding carboxylic acids is 3. The third kappa shape index (κ3) is 4.62. The first kappa shape index (κ1) is 23.7. The van der Waals surface area contributed by atoms with Crippen LogP contribution in [0.15, 0.2) is 68.8 Å². The normalized spacial score (nSPS) is 15.9. The number of carbonyl (C=O) groups is 3. The molecule has 1 atom stereocenters. The molecule has 0 saturated carbocycles. The van der Waals surface area contributed by atoms with Gasteiger partial charge < -0.3 is 23.9 Å². The van der Waals surface area contributed by atoms with Gasteiger partial charge in [0.15, 0.2) is 11.5 Å². The zero-order valence-corrected chi connectivity index (χ0v) is 20.1. The van der Waals surface area contributed by atoms with E-state index in [4.69, 9.17) is 13.9 Å². The number of hydrogen-bond acceptors (Lipinski definition) is 7. The molecule has 176 valence electrons. The van der Waals surface area contributed by atoms with E-state index in [-0.39, 0.29) is 23.6 Å². The van der Waals surface area contributed by atoms with Crippen molar-refractivity contribution in [2.75, 3.05) is 20.3 Å². The predicted octanol–water partition coefficient (Wildman–Crippen LogP) is 4.74. The Morgan fingerprint density at radius 3 is 2.71 bits per heavy atom. The number of ketones is 1. The standard InChI is InChI=1S/C25H22BrNO7/c1-14(28)33-18-6-3-5-15(12-18)22-21(24(30)25(31)27(22)9-4-10-32-2)23(29)20-13-16-11-17(26)7-8-19(16)34-20/h3,5-8,11-13,22,30H,4,9-10H2,1-2H3. The number of Topliss-reactive ketones (excluding diaryl/α,β-unsaturated/α-hetero) is 1. The van der Waals surface area contributed by atoms with Crippen LogP contribution in [0, 0.1) is 0 Å². The van der Waals surface area contributed by atoms with Crippen molar-refractivity contribution in [2.45, 2.75) is 19.4 Å². The van der Waals surface area contributed by atoms with Crippen LogP contribution in [-0.2, 0) is 14.3 Å². The molecule has 0 spiro atoms. The zero-order valence-electron chi connectivity index (χ0n) is 18.5. The summed E-state index contributed by atoms with van der Waals surface area (Å²) in [5, 5.41) is 11.5. The van der Waals surface area contributed by atoms with Crippen molar-refractivity contribution >= 4 is 44.6 Å². The molecule has 9 heteroatoms. The number of nitrogens with zero attached hydrogens (tertiary/aromatic N) is 1. The zero-order chi connectivity index (χ0) is 24.4. The molecule has 0 fully saturated rings. The van der Waals surface area contributed by atoms with E-state index in [0.29, 0.717) is 29.6 Å². The van der Waals surface area contributed by atoms with Crippen LogP contribution in [0.25, 0.3) is 11.0 Å². The summed E-state index contributed by atoms with van der Waals surface area (Å²) in [6.45, 7) is 1.92. The number of furan rings is 1. The van der Waals surface area contributed by atoms with Crippen LogP contribution in [-0.4, -0.2) is 47.9 Å². The van der Waals surface area contributed by atoms with E-state index in [1.807, 2.05) is 0 Å². The fraction of sp³-hybridized carbons (Fsp3) is 0.240. The maximum absolute atomic E-state index is 13.6. The monoisotopic (exact) mass is 527 g/mol. The van der Waals surface area contributed by atoms with Crippen LogP contribution in [0.3, 0.4) is 0 Å². The van der Waals surface area contributed by atoms with Gasteiger partial charge in [0.25, 0.3) is 5.91 Å². The number of rotatable bonds is 8. The first-order chi connectivity index (χ1) is 16.3. The number of ether oxygens (including phenoxy) is 2. The number of fused-ring (bicyclic) bond motifs is 1. The molecular weight excluding hydrogens is 506 g/mol. The summed E-state index contributed by atoms with van der Waals surface area (Å²) in [4.78, 5) is 39.4. The average molecular weight is 528 g/mol. The first-order valence-electron chi connectivity index (χ1n) is 10.6. The molecule has 1 amide bonds. The van der Waals surface area contributed by atoms with Gasteiger partial charge in [-0.05, 0) is 48.4 Å². The van der Waals surface area contributed by atoms with Gasteiger partial charge in [-0.25, -0.2) is 0 Å². The lowest BCUT2D eigenvalue weighted by Crippen LogP contribution is -2.32. The van der Waals surface area contributed by atoms with Crippen molar-refractivity contribution in [3.63, 3.8) is 0 Å². The molecule has 4 rings (SSSR count). The number of aliphatic hydroxyl groups is 1. The molecular formula is C25H22BrNO7. The number of halogens is 1. The Kier molecular flexibility index (Phi) is 6.85. The Balaban J connectivity index is 1.78. The molecule has 34 heavy (non-hydrogen) atoms. The topological polar surface area (TPSA) is 106 Å². The third-order valence-corrected chi connectivity index (χ3v) is 5.93. The Morgan fingerprint density at radius 1 is 1.18 bits per heavy atom. The van der Waals surface area contributed by atoms with Gasteiger partial charge in [-0.2, -0.15) is 0 Å². The molecule has 1 aromatic heterocycles. The van der Waals surface area contributed by atoms with Gasteiger partial charge in [-0.1, -0.05) is 28.1 Å². The number of methoxy groups -OCH3 is 1. The van der Waals surface area contributed by atoms with E-state index in [0.717, 1.165) is 4.47 Å². The minimum absolute atomic E-state index is 0.00216. The molecule has 2 heterocycles. The molecule has 8 nitrogen and oxygen atoms in total. The van der Waals surface area contributed by atoms with E-state index in [9.17, 15) is 19.5 Å². The highest BCUT2D eigenvalue weighted by molar-refractivity contribution is 9.10. The van der Waals surface area contributed by atoms with Crippen molar-refractivity contribution in [3.8, 4) is 5.75 Å². The van der Waals surface area contributed by atoms with Crippen molar-refractivity contribution in [1.82, 2.24) is 4.90 Å². The summed E-state index contributed by atoms with van der Waals surface area (Å²) >= 11 is 3.39. The molecule has 2 aromatic carbocycles. The molecule has 0 saturated heterocycles. The van der Waals surface area contributed by atoms with Gasteiger partial charge in [-0.3, -0.25) is 14.4 Å². The van der Waals surface area contributed by atoms with Crippen LogP contribution in [0.4, 0.5) is 0 Å². The summed E-state index contributed by atoms with van der Waals surface area (Å²) in [5.41, 5.74) is 0.914. The highest BCUT2D eigenvalue weighted by atomic mass is 79.9. The minimum Gasteiger partial charge on any atom is -0.503 e. The van der Waals surface area contributed by atoms with Crippen LogP contribution < -0.4 is 4.74 Å². The Labute approximate surface area is 203 Å². The summed E-state index contributed by atoms with van der Waals surface area (Å²) in [6.07, 6.45) is 0.496. The molecule has 3 aromatic rings. The second kappa shape index (κ2) is 9.82. The average Bonchev–Trinajstić information content (AvgIpc) is 3.32. The molecule has 1 aliphatic heterocycles. The first-order valence-corrected chi connectivity index (χ1v) is 11.3. The van der Waals surface area contributed by atoms with Crippen LogP contribution in [0.2, 0.25) is 0 Å². The van der Waals surface area contributed by atoms with Crippen LogP contribution in [0.5, 0.6) is 5.75 Å². The van der Waals surface area contributed by atoms with E-state index in [1.165, 1.54) is 11.8 Å². The van der Waals surface area contributed by atoms with Gasteiger partial charge in [0, 0.05) is 37.0 Å². The summed E-state index contributed by atoms with van der Waals surface area (Å²) in [6, 6.07) is 12.5. The number of benzene rings is 2. The summed E-state index contributed by atoms with van der Waals surface area (Å²) in [7, 11) is 1.55. The molecule has 1 aliphatic rings. The van der Waals surface area contributed by atoms with Crippen molar-refractivity contribution in [1.29, 1.82) is 0 Å². The van der Waals surface area contributed by atoms with Gasteiger partial charge in [-0.15, -0.1) is 0 Å². The van der Waals surface area contributed by atoms with Gasteiger partial charge in [0.1, 0.15) is 11.3 Å². The molecule has 0 bridgehead atoms. The van der Waals surface area contributed by atoms with E-state index in [2.05, 4.69) is 15.9 Å². The maximum atomic E-state index is 13.6. The summed E-state index contributed by atoms with van der Waals surface area (Å²) < 4.78 is 16.8. The predicted molar refractivity (Wildman–Crippen MR) is 127 cm³/mol. The van der Waals surface area contributed by atoms with Gasteiger partial charge >= 0.3 is 5.97 Å². The fourth-order valence-electron chi connectivity index (χ4n) is 4.01. The van der Waals surface area contributed by atoms with Crippen LogP contribution >= 0.6 is 15.9 Å². The van der Waals surface area contributed by atoms with Gasteiger partial charge in [0.05, 0.1) is 11.6 Å². The highest BCUT2D eigenvalue weighted by Crippen LogP contribution is 2.40. The van der Waals surface area contributed by atoms with Crippen LogP contribution in [0.1, 0.15) is 35.5 Å². The lowest BCUT2D eigenvalue weighted by atomic mass is 9.94. The summed E-state index contributed by atoms with van der Waals surface area (Å²) in [5.74, 6) is -2.13. The maximum Gasteiger partial charge on any atom is 0.308 e. The van der Waals surface area contributed by atoms with E-state index >= 15 is 0 Å². The molecule has 0 radical (unpaired) electrons. The number of amides is 1. The second-order valence-corrected chi connectivity index (χ2v) is 8.71. The molecule has 1 unspecified atom stereocenters. The quantitative estimate of drug-likeness (QED) is 0.195. The van der Waals surface area contributed by atoms with E-state index in [1.54, 1.807) is 55.6 Å². The number of esters is 1. The fourth-order valence-corrected chi connectivity index (χ4v) is 4.39. The second-order valence-electron chi connectivity index (χ2n) is 7.80. The lowest BCUT2D eigenvalue weighted by Gasteiger charge is -2.26. The molecule has 1 N–H and O–H groups in total. The highest BCUT2D eigenvalue weighted by Gasteiger charge is 2.44. The minimum atomic E-state index is -0.896. The third-order valence-electron chi connectivity index (χ3n) is 5.43. The van der Waals surface area contributed by atoms with Gasteiger partial charge in [0.2, 0.25) is 5.78 Å². The Morgan fingerprint density at radius 2 is 1.97 bits per heavy atom. The lowest BCUT2D eigenvalue weighted by molar-refractivity contribution is -0.132. The SMILES string of the molecule is COCCCN1C(=O)C(O)=C(C(=O)c2cc3cc(Br)ccc3o2)C1c1cccc(OC(C)=O)c1. The van der Waals surface area contributed by atoms with Crippen molar-refractivity contribution < 1.29 is 33.4 Å². The van der Waals surface area contributed by atoms with Crippen molar-refractivity contribution in [2.24, 2.45) is 0 Å². The smallest absolute Gasteiger partial charge is 0.308 e. The largest absolute Gasteiger partial charge is 0.503 e. The number of aliphatic hydroxyl groups excluding tert-OH is 1. The van der Waals surface area contributed by atoms with E-state index < -0.39 is 29.5 Å². The Hall–Kier alpha value is -3.43. The van der Waals surface area contributed by atoms with Crippen molar-refractivity contribution in [3.05, 3.63) is 75.7 Å². The number of hydrogen-bond donors (Lipinski definition) is 1.